The minimum atomic E-state index is -0.843. The summed E-state index contributed by atoms with van der Waals surface area (Å²) in [6.07, 6.45) is 36.0. The molecule has 0 aliphatic heterocycles. The zero-order valence-electron chi connectivity index (χ0n) is 36.5. The van der Waals surface area contributed by atoms with Crippen molar-refractivity contribution >= 4 is 17.7 Å². The fourth-order valence-corrected chi connectivity index (χ4v) is 7.96. The first-order valence-corrected chi connectivity index (χ1v) is 23.7. The molecular formula is C48H88O8. The van der Waals surface area contributed by atoms with Crippen LogP contribution in [0.5, 0.6) is 0 Å². The number of aliphatic hydroxyl groups is 3. The monoisotopic (exact) mass is 793 g/mol. The standard InChI is InChI=1S/C48H88O8/c1-4-6-25-31-41(50)35-36-44-43(45(51)37-46(44)52)32-27-23-24-28-33-47(53)55-39-42(38-49)56-48(54)34-29-22-20-18-16-14-12-10-8-7-9-11-13-15-17-19-21-26-30-40(3)5-2/h35-36,40-44,46,49-50,52H,4-34,37-39H2,1-3H3/b36-35+/t40?,41-,42-,43+,44+,46+/m0/s1. The van der Waals surface area contributed by atoms with Crippen LogP contribution in [0.4, 0.5) is 0 Å². The minimum absolute atomic E-state index is 0.0844. The molecule has 0 heterocycles. The van der Waals surface area contributed by atoms with E-state index in [9.17, 15) is 29.7 Å². The molecule has 328 valence electrons. The summed E-state index contributed by atoms with van der Waals surface area (Å²) in [4.78, 5) is 37.0. The second-order valence-corrected chi connectivity index (χ2v) is 17.2. The van der Waals surface area contributed by atoms with E-state index in [4.69, 9.17) is 9.47 Å². The number of Topliss-reactive ketones (excluding diaryl/α,β-unsaturated/α-hetero) is 1. The first-order valence-electron chi connectivity index (χ1n) is 23.7. The van der Waals surface area contributed by atoms with Crippen molar-refractivity contribution in [3.63, 3.8) is 0 Å². The van der Waals surface area contributed by atoms with Crippen LogP contribution in [0.2, 0.25) is 0 Å². The van der Waals surface area contributed by atoms with Crippen LogP contribution in [0, 0.1) is 17.8 Å². The van der Waals surface area contributed by atoms with Crippen LogP contribution < -0.4 is 0 Å². The lowest BCUT2D eigenvalue weighted by atomic mass is 9.88. The van der Waals surface area contributed by atoms with E-state index >= 15 is 0 Å². The lowest BCUT2D eigenvalue weighted by Crippen LogP contribution is -2.28. The Morgan fingerprint density at radius 1 is 0.696 bits per heavy atom. The van der Waals surface area contributed by atoms with Crippen molar-refractivity contribution in [2.24, 2.45) is 17.8 Å². The maximum Gasteiger partial charge on any atom is 0.306 e. The van der Waals surface area contributed by atoms with E-state index < -0.39 is 18.3 Å². The Balaban J connectivity index is 1.98. The Morgan fingerprint density at radius 2 is 1.18 bits per heavy atom. The van der Waals surface area contributed by atoms with Crippen molar-refractivity contribution in [1.29, 1.82) is 0 Å². The molecule has 0 saturated heterocycles. The van der Waals surface area contributed by atoms with Gasteiger partial charge in [0, 0.05) is 31.1 Å². The molecule has 1 aliphatic rings. The third-order valence-corrected chi connectivity index (χ3v) is 12.0. The summed E-state index contributed by atoms with van der Waals surface area (Å²) in [7, 11) is 0. The molecule has 56 heavy (non-hydrogen) atoms. The van der Waals surface area contributed by atoms with E-state index in [-0.39, 0.29) is 55.6 Å². The van der Waals surface area contributed by atoms with Gasteiger partial charge in [0.25, 0.3) is 0 Å². The largest absolute Gasteiger partial charge is 0.462 e. The average Bonchev–Trinajstić information content (AvgIpc) is 3.46. The summed E-state index contributed by atoms with van der Waals surface area (Å²) in [5.74, 6) is -0.228. The molecule has 1 aliphatic carbocycles. The van der Waals surface area contributed by atoms with Gasteiger partial charge in [-0.25, -0.2) is 0 Å². The Kier molecular flexibility index (Phi) is 33.9. The van der Waals surface area contributed by atoms with Crippen molar-refractivity contribution in [3.8, 4) is 0 Å². The Labute approximate surface area is 343 Å². The highest BCUT2D eigenvalue weighted by molar-refractivity contribution is 5.84. The average molecular weight is 793 g/mol. The molecule has 0 bridgehead atoms. The van der Waals surface area contributed by atoms with Crippen LogP contribution in [0.1, 0.15) is 226 Å². The minimum Gasteiger partial charge on any atom is -0.462 e. The van der Waals surface area contributed by atoms with Gasteiger partial charge in [-0.3, -0.25) is 14.4 Å². The second-order valence-electron chi connectivity index (χ2n) is 17.2. The summed E-state index contributed by atoms with van der Waals surface area (Å²) >= 11 is 0. The fourth-order valence-electron chi connectivity index (χ4n) is 7.96. The Hall–Kier alpha value is -1.77. The van der Waals surface area contributed by atoms with Gasteiger partial charge in [0.05, 0.1) is 18.8 Å². The molecule has 8 nitrogen and oxygen atoms in total. The molecule has 3 N–H and O–H groups in total. The topological polar surface area (TPSA) is 130 Å². The smallest absolute Gasteiger partial charge is 0.306 e. The van der Waals surface area contributed by atoms with Crippen molar-refractivity contribution < 1.29 is 39.2 Å². The van der Waals surface area contributed by atoms with Gasteiger partial charge in [-0.05, 0) is 31.6 Å². The first-order chi connectivity index (χ1) is 27.2. The molecule has 0 radical (unpaired) electrons. The normalized spacial score (nSPS) is 18.8. The number of carbonyl (C=O) groups is 3. The number of aliphatic hydroxyl groups excluding tert-OH is 3. The highest BCUT2D eigenvalue weighted by atomic mass is 16.6. The van der Waals surface area contributed by atoms with Gasteiger partial charge in [-0.2, -0.15) is 0 Å². The van der Waals surface area contributed by atoms with Crippen molar-refractivity contribution in [2.45, 2.75) is 245 Å². The lowest BCUT2D eigenvalue weighted by Gasteiger charge is -2.18. The van der Waals surface area contributed by atoms with Crippen LogP contribution in [-0.4, -0.2) is 64.6 Å². The number of ether oxygens (including phenoxy) is 2. The Morgan fingerprint density at radius 3 is 1.70 bits per heavy atom. The lowest BCUT2D eigenvalue weighted by molar-refractivity contribution is -0.161. The molecule has 0 spiro atoms. The van der Waals surface area contributed by atoms with E-state index in [0.29, 0.717) is 25.7 Å². The first kappa shape index (κ1) is 52.2. The zero-order valence-corrected chi connectivity index (χ0v) is 36.5. The molecule has 0 aromatic heterocycles. The molecule has 1 fully saturated rings. The SMILES string of the molecule is CCCCC[C@H](O)/C=C/[C@H]1[C@H](O)CC(=O)[C@@H]1CCCCCCC(=O)OC[C@H](CO)OC(=O)CCCCCCCCCCCCCCCCCCCCC(C)CC. The van der Waals surface area contributed by atoms with Gasteiger partial charge >= 0.3 is 11.9 Å². The number of unbranched alkanes of at least 4 members (excludes halogenated alkanes) is 22. The van der Waals surface area contributed by atoms with Crippen molar-refractivity contribution in [1.82, 2.24) is 0 Å². The van der Waals surface area contributed by atoms with Crippen LogP contribution in [-0.2, 0) is 23.9 Å². The van der Waals surface area contributed by atoms with Gasteiger partial charge in [-0.1, -0.05) is 193 Å². The number of esters is 2. The fraction of sp³-hybridized carbons (Fsp3) is 0.896. The van der Waals surface area contributed by atoms with Gasteiger partial charge in [-0.15, -0.1) is 0 Å². The van der Waals surface area contributed by atoms with Crippen molar-refractivity contribution in [3.05, 3.63) is 12.2 Å². The molecular weight excluding hydrogens is 705 g/mol. The third kappa shape index (κ3) is 28.6. The number of rotatable bonds is 39. The van der Waals surface area contributed by atoms with E-state index in [0.717, 1.165) is 63.7 Å². The van der Waals surface area contributed by atoms with Gasteiger partial charge < -0.3 is 24.8 Å². The molecule has 6 atom stereocenters. The van der Waals surface area contributed by atoms with E-state index in [2.05, 4.69) is 20.8 Å². The van der Waals surface area contributed by atoms with Crippen LogP contribution in [0.15, 0.2) is 12.2 Å². The highest BCUT2D eigenvalue weighted by Gasteiger charge is 2.39. The number of ketones is 1. The van der Waals surface area contributed by atoms with Gasteiger partial charge in [0.2, 0.25) is 0 Å². The van der Waals surface area contributed by atoms with Gasteiger partial charge in [0.15, 0.2) is 6.10 Å². The van der Waals surface area contributed by atoms with Gasteiger partial charge in [0.1, 0.15) is 12.4 Å². The third-order valence-electron chi connectivity index (χ3n) is 12.0. The molecule has 0 amide bonds. The summed E-state index contributed by atoms with van der Waals surface area (Å²) in [5.41, 5.74) is 0. The van der Waals surface area contributed by atoms with Crippen molar-refractivity contribution in [2.75, 3.05) is 13.2 Å². The molecule has 8 heteroatoms. The second kappa shape index (κ2) is 36.3. The zero-order chi connectivity index (χ0) is 41.1. The highest BCUT2D eigenvalue weighted by Crippen LogP contribution is 2.34. The van der Waals surface area contributed by atoms with E-state index in [1.54, 1.807) is 6.08 Å². The van der Waals surface area contributed by atoms with E-state index in [1.807, 2.05) is 6.08 Å². The quantitative estimate of drug-likeness (QED) is 0.0319. The predicted octanol–water partition coefficient (Wildman–Crippen LogP) is 11.7. The summed E-state index contributed by atoms with van der Waals surface area (Å²) in [6.45, 7) is 6.26. The number of hydrogen-bond donors (Lipinski definition) is 3. The van der Waals surface area contributed by atoms with Crippen LogP contribution >= 0.6 is 0 Å². The van der Waals surface area contributed by atoms with Crippen LogP contribution in [0.3, 0.4) is 0 Å². The molecule has 0 aromatic carbocycles. The maximum atomic E-state index is 12.5. The summed E-state index contributed by atoms with van der Waals surface area (Å²) in [6, 6.07) is 0. The maximum absolute atomic E-state index is 12.5. The molecule has 1 rings (SSSR count). The Bertz CT molecular complexity index is 982. The predicted molar refractivity (Wildman–Crippen MR) is 229 cm³/mol. The molecule has 1 saturated carbocycles. The van der Waals surface area contributed by atoms with E-state index in [1.165, 1.54) is 109 Å². The molecule has 0 aromatic rings. The molecule has 1 unspecified atom stereocenters. The summed E-state index contributed by atoms with van der Waals surface area (Å²) < 4.78 is 10.6. The number of hydrogen-bond acceptors (Lipinski definition) is 8. The summed E-state index contributed by atoms with van der Waals surface area (Å²) in [5, 5.41) is 30.3. The van der Waals surface area contributed by atoms with Crippen LogP contribution in [0.25, 0.3) is 0 Å². The number of carbonyl (C=O) groups excluding carboxylic acids is 3.